The number of aryl methyl sites for hydroxylation is 13. The normalized spacial score (nSPS) is 11.3. The second-order valence-corrected chi connectivity index (χ2v) is 36.1. The number of rotatable bonds is 10. The SMILES string of the molecule is Cc1c(-[n+]2ccccc2C)cc2ccccc2c1-c1c2ccccc2nn1C.Cc1c(-c2c3ccccc3nn2C)cc(C(C)(C)C)cc1-[n+]1ccccc1C.Cc1cc(-c2c3ccccc3nn2C)c(C)c(-[n+]2ccccc2C)c1.Cc1cc(C)c(-[n+]2ccccc2C)c(C)c1-c1c2ccccc2nn1C.[C-]#[N+]c1cc(-c2c3ccccc3nn2C)c(C)c(-[n+]2ccccc2C)c1. The number of pyridine rings is 5. The lowest BCUT2D eigenvalue weighted by molar-refractivity contribution is -0.603. The van der Waals surface area contributed by atoms with E-state index in [-0.39, 0.29) is 5.41 Å². The molecule has 0 aliphatic heterocycles. The summed E-state index contributed by atoms with van der Waals surface area (Å²) in [6.07, 6.45) is 10.6. The summed E-state index contributed by atoms with van der Waals surface area (Å²) < 4.78 is 21.2. The summed E-state index contributed by atoms with van der Waals surface area (Å²) in [5.41, 5.74) is 40.8. The molecule has 0 fully saturated rings. The smallest absolute Gasteiger partial charge is 0.217 e. The molecule has 0 atom stereocenters. The van der Waals surface area contributed by atoms with Crippen LogP contribution >= 0.6 is 0 Å². The number of hydrogen-bond acceptors (Lipinski definition) is 5. The highest BCUT2D eigenvalue weighted by atomic mass is 15.3. The Bertz CT molecular complexity index is 8130. The first-order chi connectivity index (χ1) is 64.1. The number of fused-ring (bicyclic) bond motifs is 6. The van der Waals surface area contributed by atoms with Crippen molar-refractivity contribution in [2.24, 2.45) is 35.2 Å². The van der Waals surface area contributed by atoms with Crippen molar-refractivity contribution >= 4 is 71.0 Å². The van der Waals surface area contributed by atoms with Crippen LogP contribution in [0.25, 0.3) is 155 Å². The first-order valence-corrected chi connectivity index (χ1v) is 45.5. The second kappa shape index (κ2) is 37.0. The van der Waals surface area contributed by atoms with Crippen LogP contribution in [-0.2, 0) is 40.7 Å². The van der Waals surface area contributed by atoms with Crippen molar-refractivity contribution in [2.45, 2.75) is 116 Å². The van der Waals surface area contributed by atoms with Gasteiger partial charge < -0.3 is 0 Å². The van der Waals surface area contributed by atoms with E-state index in [4.69, 9.17) is 27.0 Å². The molecule has 0 unspecified atom stereocenters. The van der Waals surface area contributed by atoms with Crippen LogP contribution in [0.2, 0.25) is 0 Å². The third kappa shape index (κ3) is 17.2. The van der Waals surface area contributed by atoms with Gasteiger partial charge in [0.1, 0.15) is 0 Å². The predicted molar refractivity (Wildman–Crippen MR) is 542 cm³/mol. The highest BCUT2D eigenvalue weighted by molar-refractivity contribution is 6.06. The number of benzene rings is 11. The minimum absolute atomic E-state index is 0.0504. The molecule has 0 N–H and O–H groups in total. The van der Waals surface area contributed by atoms with Gasteiger partial charge in [-0.1, -0.05) is 166 Å². The molecule has 0 aliphatic carbocycles. The fourth-order valence-corrected chi connectivity index (χ4v) is 19.4. The Morgan fingerprint density at radius 1 is 0.271 bits per heavy atom. The lowest BCUT2D eigenvalue weighted by atomic mass is 9.83. The van der Waals surface area contributed by atoms with Crippen molar-refractivity contribution in [3.05, 3.63) is 406 Å². The topological polar surface area (TPSA) is 113 Å². The van der Waals surface area contributed by atoms with Gasteiger partial charge in [0.25, 0.3) is 0 Å². The van der Waals surface area contributed by atoms with E-state index in [0.717, 1.165) is 61.2 Å². The van der Waals surface area contributed by atoms with Crippen LogP contribution in [0.5, 0.6) is 0 Å². The van der Waals surface area contributed by atoms with Crippen LogP contribution < -0.4 is 22.8 Å². The molecule has 16 heteroatoms. The lowest BCUT2D eigenvalue weighted by Crippen LogP contribution is -2.35. The molecule has 133 heavy (non-hydrogen) atoms. The second-order valence-electron chi connectivity index (χ2n) is 36.1. The van der Waals surface area contributed by atoms with Crippen LogP contribution in [0, 0.1) is 96.6 Å². The van der Waals surface area contributed by atoms with Crippen molar-refractivity contribution < 1.29 is 22.8 Å². The molecule has 10 heterocycles. The molecule has 658 valence electrons. The molecule has 11 aromatic carbocycles. The number of aromatic nitrogens is 15. The lowest BCUT2D eigenvalue weighted by Gasteiger charge is -2.22. The Morgan fingerprint density at radius 2 is 0.579 bits per heavy atom. The third-order valence-electron chi connectivity index (χ3n) is 26.0. The van der Waals surface area contributed by atoms with E-state index in [1.54, 1.807) is 0 Å². The summed E-state index contributed by atoms with van der Waals surface area (Å²) in [4.78, 5) is 3.71. The van der Waals surface area contributed by atoms with Gasteiger partial charge in [-0.2, -0.15) is 48.3 Å². The van der Waals surface area contributed by atoms with E-state index in [1.165, 1.54) is 167 Å². The monoisotopic (exact) mass is 1740 g/mol. The van der Waals surface area contributed by atoms with E-state index < -0.39 is 0 Å². The highest BCUT2D eigenvalue weighted by Crippen LogP contribution is 2.43. The fraction of sp³-hybridized carbons (Fsp3) is 0.188. The molecule has 0 radical (unpaired) electrons. The Balaban J connectivity index is 0.000000116. The molecular formula is C117H115N16+5. The van der Waals surface area contributed by atoms with Gasteiger partial charge in [0.15, 0.2) is 65.1 Å². The molecule has 0 bridgehead atoms. The first-order valence-electron chi connectivity index (χ1n) is 45.5. The van der Waals surface area contributed by atoms with E-state index in [1.807, 2.05) is 132 Å². The minimum atomic E-state index is 0.0504. The van der Waals surface area contributed by atoms with Crippen LogP contribution in [0.4, 0.5) is 5.69 Å². The third-order valence-corrected chi connectivity index (χ3v) is 26.0. The molecule has 21 aromatic rings. The van der Waals surface area contributed by atoms with Gasteiger partial charge in [-0.3, -0.25) is 23.4 Å². The first kappa shape index (κ1) is 89.3. The van der Waals surface area contributed by atoms with Gasteiger partial charge >= 0.3 is 0 Å². The standard InChI is InChI=1S/C25H22N3.C25H28N3.C23H24N3.C22H19N4.C22H22N3/c1-17-10-8-9-15-28(17)23-16-19-11-4-5-12-20(19)24(18(23)2)25-21-13-6-7-14-22(21)26-27(25)3;1-17-11-9-10-14-28(17)23-16-19(25(3,4)5)15-21(18(23)2)24-20-12-7-8-13-22(20)26-27(24)6;1-15-14-16(2)22(26-13-9-8-10-17(26)3)18(4)21(15)23-19-11-6-7-12-20(19)24-25(23)5;1-15-9-7-8-12-26(15)21-14-17(23-3)13-19(16(21)2)22-18-10-5-6-11-20(18)24-25(22)4;1-15-13-19(22-18-10-5-6-11-20(18)23-24(22)4)17(3)21(14-15)25-12-8-7-9-16(25)2/h4-16H,1-3H3;7-16H,1-6H3;6-14H,1-5H3;5-14H,1-2,4H3;5-14H,1-4H3/q5*+1. The number of nitrogens with zero attached hydrogens (tertiary/aromatic N) is 16. The Morgan fingerprint density at radius 3 is 0.962 bits per heavy atom. The summed E-state index contributed by atoms with van der Waals surface area (Å²) in [7, 11) is 10.1. The summed E-state index contributed by atoms with van der Waals surface area (Å²) in [5.74, 6) is 0. The average molecular weight is 1750 g/mol. The zero-order chi connectivity index (χ0) is 93.5. The Kier molecular flexibility index (Phi) is 24.8. The molecule has 0 amide bonds. The van der Waals surface area contributed by atoms with Gasteiger partial charge in [-0.25, -0.2) is 4.85 Å². The summed E-state index contributed by atoms with van der Waals surface area (Å²) in [6, 6.07) is 99.3. The highest BCUT2D eigenvalue weighted by Gasteiger charge is 2.31. The predicted octanol–water partition coefficient (Wildman–Crippen LogP) is 24.6. The van der Waals surface area contributed by atoms with Crippen molar-refractivity contribution in [1.29, 1.82) is 0 Å². The quantitative estimate of drug-likeness (QED) is 0.1000. The van der Waals surface area contributed by atoms with E-state index in [9.17, 15) is 0 Å². The minimum Gasteiger partial charge on any atom is -0.267 e. The molecule has 16 nitrogen and oxygen atoms in total. The molecule has 0 spiro atoms. The number of hydrogen-bond donors (Lipinski definition) is 0. The van der Waals surface area contributed by atoms with Crippen LogP contribution in [0.15, 0.2) is 316 Å². The van der Waals surface area contributed by atoms with Gasteiger partial charge in [0, 0.05) is 237 Å². The maximum atomic E-state index is 7.56. The van der Waals surface area contributed by atoms with Crippen molar-refractivity contribution in [3.8, 4) is 84.7 Å². The van der Waals surface area contributed by atoms with Crippen LogP contribution in [-0.4, -0.2) is 48.9 Å². The zero-order valence-electron chi connectivity index (χ0n) is 80.2. The van der Waals surface area contributed by atoms with Gasteiger partial charge in [-0.05, 0) is 148 Å². The van der Waals surface area contributed by atoms with Gasteiger partial charge in [-0.15, -0.1) is 0 Å². The zero-order valence-corrected chi connectivity index (χ0v) is 80.2. The molecular weight excluding hydrogens is 1630 g/mol. The maximum absolute atomic E-state index is 7.56. The van der Waals surface area contributed by atoms with Crippen molar-refractivity contribution in [2.75, 3.05) is 0 Å². The van der Waals surface area contributed by atoms with Crippen LogP contribution in [0.3, 0.4) is 0 Å². The Hall–Kier alpha value is -15.7. The molecule has 0 saturated carbocycles. The Labute approximate surface area is 780 Å². The summed E-state index contributed by atoms with van der Waals surface area (Å²) in [6.45, 7) is 42.6. The van der Waals surface area contributed by atoms with Crippen molar-refractivity contribution in [3.63, 3.8) is 0 Å². The molecule has 21 rings (SSSR count). The molecule has 10 aromatic heterocycles. The fourth-order valence-electron chi connectivity index (χ4n) is 19.4. The maximum Gasteiger partial charge on any atom is 0.217 e. The van der Waals surface area contributed by atoms with Gasteiger partial charge in [0.05, 0.1) is 62.6 Å². The molecule has 0 aliphatic rings. The largest absolute Gasteiger partial charge is 0.267 e. The van der Waals surface area contributed by atoms with E-state index in [0.29, 0.717) is 5.69 Å². The van der Waals surface area contributed by atoms with E-state index >= 15 is 0 Å². The summed E-state index contributed by atoms with van der Waals surface area (Å²) >= 11 is 0. The van der Waals surface area contributed by atoms with Crippen LogP contribution in [0.1, 0.15) is 99.3 Å². The van der Waals surface area contributed by atoms with E-state index in [2.05, 4.69) is 387 Å². The molecule has 0 saturated heterocycles. The van der Waals surface area contributed by atoms with Gasteiger partial charge in [0.2, 0.25) is 28.4 Å². The summed E-state index contributed by atoms with van der Waals surface area (Å²) in [5, 5.41) is 31.9. The average Bonchev–Trinajstić information content (AvgIpc) is 1.58. The van der Waals surface area contributed by atoms with Crippen molar-refractivity contribution in [1.82, 2.24) is 48.9 Å².